The van der Waals surface area contributed by atoms with Crippen molar-refractivity contribution in [3.63, 3.8) is 0 Å². The number of carbonyl (C=O) groups is 2. The Kier molecular flexibility index (Phi) is 4.03. The number of halogens is 2. The van der Waals surface area contributed by atoms with Gasteiger partial charge < -0.3 is 0 Å². The highest BCUT2D eigenvalue weighted by Gasteiger charge is 2.20. The SMILES string of the molecule is Cc1ccc(C(=O)CC(=O)c2c(F)cccc2F)cc1. The normalized spacial score (nSPS) is 10.3. The van der Waals surface area contributed by atoms with Crippen LogP contribution >= 0.6 is 0 Å². The summed E-state index contributed by atoms with van der Waals surface area (Å²) < 4.78 is 26.9. The van der Waals surface area contributed by atoms with E-state index in [4.69, 9.17) is 0 Å². The molecule has 0 bridgehead atoms. The molecule has 0 heterocycles. The molecular formula is C16H12F2O2. The van der Waals surface area contributed by atoms with Gasteiger partial charge in [-0.3, -0.25) is 9.59 Å². The van der Waals surface area contributed by atoms with E-state index in [1.807, 2.05) is 6.92 Å². The van der Waals surface area contributed by atoms with Gasteiger partial charge in [0, 0.05) is 5.56 Å². The summed E-state index contributed by atoms with van der Waals surface area (Å²) in [5.41, 5.74) is 0.668. The summed E-state index contributed by atoms with van der Waals surface area (Å²) in [6.45, 7) is 1.87. The highest BCUT2D eigenvalue weighted by molar-refractivity contribution is 6.13. The lowest BCUT2D eigenvalue weighted by Crippen LogP contribution is -2.12. The first-order valence-corrected chi connectivity index (χ1v) is 6.06. The molecule has 20 heavy (non-hydrogen) atoms. The second-order valence-electron chi connectivity index (χ2n) is 4.49. The zero-order valence-corrected chi connectivity index (χ0v) is 10.8. The van der Waals surface area contributed by atoms with Crippen LogP contribution in [0.3, 0.4) is 0 Å². The Morgan fingerprint density at radius 2 is 1.45 bits per heavy atom. The minimum absolute atomic E-state index is 0.348. The number of aryl methyl sites for hydroxylation is 1. The van der Waals surface area contributed by atoms with Crippen LogP contribution < -0.4 is 0 Å². The molecule has 0 spiro atoms. The summed E-state index contributed by atoms with van der Waals surface area (Å²) in [6, 6.07) is 9.80. The van der Waals surface area contributed by atoms with Gasteiger partial charge in [0.15, 0.2) is 11.6 Å². The highest BCUT2D eigenvalue weighted by atomic mass is 19.1. The van der Waals surface area contributed by atoms with Crippen molar-refractivity contribution >= 4 is 11.6 Å². The van der Waals surface area contributed by atoms with Gasteiger partial charge in [0.2, 0.25) is 0 Å². The number of hydrogen-bond donors (Lipinski definition) is 0. The molecule has 0 fully saturated rings. The van der Waals surface area contributed by atoms with Crippen LogP contribution in [0.5, 0.6) is 0 Å². The van der Waals surface area contributed by atoms with Crippen molar-refractivity contribution in [2.24, 2.45) is 0 Å². The average molecular weight is 274 g/mol. The summed E-state index contributed by atoms with van der Waals surface area (Å²) in [5, 5.41) is 0. The molecule has 102 valence electrons. The predicted molar refractivity (Wildman–Crippen MR) is 70.8 cm³/mol. The fourth-order valence-electron chi connectivity index (χ4n) is 1.84. The third-order valence-electron chi connectivity index (χ3n) is 2.94. The zero-order chi connectivity index (χ0) is 14.7. The molecule has 0 aliphatic rings. The molecule has 0 saturated heterocycles. The van der Waals surface area contributed by atoms with Crippen molar-refractivity contribution in [3.8, 4) is 0 Å². The van der Waals surface area contributed by atoms with Crippen LogP contribution in [-0.2, 0) is 0 Å². The van der Waals surface area contributed by atoms with Crippen LogP contribution in [0.4, 0.5) is 8.78 Å². The Morgan fingerprint density at radius 3 is 2.00 bits per heavy atom. The average Bonchev–Trinajstić information content (AvgIpc) is 2.39. The first kappa shape index (κ1) is 14.1. The lowest BCUT2D eigenvalue weighted by molar-refractivity contribution is 0.0890. The largest absolute Gasteiger partial charge is 0.294 e. The maximum Gasteiger partial charge on any atom is 0.176 e. The van der Waals surface area contributed by atoms with E-state index in [0.717, 1.165) is 17.7 Å². The van der Waals surface area contributed by atoms with Gasteiger partial charge in [-0.2, -0.15) is 0 Å². The monoisotopic (exact) mass is 274 g/mol. The Hall–Kier alpha value is -2.36. The minimum Gasteiger partial charge on any atom is -0.294 e. The van der Waals surface area contributed by atoms with Crippen LogP contribution in [0.1, 0.15) is 32.7 Å². The number of hydrogen-bond acceptors (Lipinski definition) is 2. The van der Waals surface area contributed by atoms with Gasteiger partial charge in [-0.1, -0.05) is 35.9 Å². The molecule has 2 aromatic rings. The summed E-state index contributed by atoms with van der Waals surface area (Å²) in [5.74, 6) is -3.22. The predicted octanol–water partition coefficient (Wildman–Crippen LogP) is 3.73. The summed E-state index contributed by atoms with van der Waals surface area (Å²) >= 11 is 0. The first-order valence-electron chi connectivity index (χ1n) is 6.06. The number of benzene rings is 2. The number of Topliss-reactive ketones (excluding diaryl/α,β-unsaturated/α-hetero) is 2. The summed E-state index contributed by atoms with van der Waals surface area (Å²) in [6.07, 6.45) is -0.555. The second-order valence-corrected chi connectivity index (χ2v) is 4.49. The topological polar surface area (TPSA) is 34.1 Å². The van der Waals surface area contributed by atoms with Crippen LogP contribution in [0, 0.1) is 18.6 Å². The fourth-order valence-corrected chi connectivity index (χ4v) is 1.84. The molecule has 0 aromatic heterocycles. The van der Waals surface area contributed by atoms with Crippen molar-refractivity contribution in [1.82, 2.24) is 0 Å². The van der Waals surface area contributed by atoms with Gasteiger partial charge in [0.25, 0.3) is 0 Å². The lowest BCUT2D eigenvalue weighted by Gasteiger charge is -2.04. The molecule has 0 radical (unpaired) electrons. The molecule has 2 rings (SSSR count). The van der Waals surface area contributed by atoms with Crippen molar-refractivity contribution in [2.75, 3.05) is 0 Å². The van der Waals surface area contributed by atoms with E-state index in [-0.39, 0.29) is 0 Å². The molecule has 0 unspecified atom stereocenters. The van der Waals surface area contributed by atoms with E-state index in [1.54, 1.807) is 24.3 Å². The maximum absolute atomic E-state index is 13.4. The molecule has 0 saturated carbocycles. The first-order chi connectivity index (χ1) is 9.49. The highest BCUT2D eigenvalue weighted by Crippen LogP contribution is 2.16. The lowest BCUT2D eigenvalue weighted by atomic mass is 10.0. The van der Waals surface area contributed by atoms with Crippen molar-refractivity contribution in [2.45, 2.75) is 13.3 Å². The number of ketones is 2. The standard InChI is InChI=1S/C16H12F2O2/c1-10-5-7-11(8-6-10)14(19)9-15(20)16-12(17)3-2-4-13(16)18/h2-8H,9H2,1H3. The molecular weight excluding hydrogens is 262 g/mol. The number of carbonyl (C=O) groups excluding carboxylic acids is 2. The summed E-state index contributed by atoms with van der Waals surface area (Å²) in [4.78, 5) is 23.7. The van der Waals surface area contributed by atoms with E-state index >= 15 is 0 Å². The Morgan fingerprint density at radius 1 is 0.900 bits per heavy atom. The van der Waals surface area contributed by atoms with Crippen molar-refractivity contribution in [1.29, 1.82) is 0 Å². The smallest absolute Gasteiger partial charge is 0.176 e. The molecule has 2 aromatic carbocycles. The summed E-state index contributed by atoms with van der Waals surface area (Å²) in [7, 11) is 0. The van der Waals surface area contributed by atoms with Gasteiger partial charge in [0.05, 0.1) is 12.0 Å². The third-order valence-corrected chi connectivity index (χ3v) is 2.94. The Bertz CT molecular complexity index is 640. The molecule has 0 aliphatic heterocycles. The van der Waals surface area contributed by atoms with Gasteiger partial charge in [-0.15, -0.1) is 0 Å². The van der Waals surface area contributed by atoms with Gasteiger partial charge in [-0.05, 0) is 19.1 Å². The van der Waals surface area contributed by atoms with Crippen molar-refractivity contribution < 1.29 is 18.4 Å². The quantitative estimate of drug-likeness (QED) is 0.629. The minimum atomic E-state index is -0.952. The zero-order valence-electron chi connectivity index (χ0n) is 10.8. The molecule has 0 amide bonds. The van der Waals surface area contributed by atoms with Gasteiger partial charge >= 0.3 is 0 Å². The van der Waals surface area contributed by atoms with E-state index in [2.05, 4.69) is 0 Å². The van der Waals surface area contributed by atoms with Crippen LogP contribution in [-0.4, -0.2) is 11.6 Å². The Balaban J connectivity index is 2.20. The van der Waals surface area contributed by atoms with Gasteiger partial charge in [-0.25, -0.2) is 8.78 Å². The molecule has 0 N–H and O–H groups in total. The Labute approximate surface area is 115 Å². The van der Waals surface area contributed by atoms with Crippen molar-refractivity contribution in [3.05, 3.63) is 70.8 Å². The molecule has 0 atom stereocenters. The molecule has 0 aliphatic carbocycles. The van der Waals surface area contributed by atoms with Gasteiger partial charge in [0.1, 0.15) is 11.6 Å². The molecule has 4 heteroatoms. The van der Waals surface area contributed by atoms with Crippen LogP contribution in [0.25, 0.3) is 0 Å². The van der Waals surface area contributed by atoms with E-state index < -0.39 is 35.2 Å². The fraction of sp³-hybridized carbons (Fsp3) is 0.125. The third kappa shape index (κ3) is 2.96. The molecule has 2 nitrogen and oxygen atoms in total. The van der Waals surface area contributed by atoms with E-state index in [9.17, 15) is 18.4 Å². The van der Waals surface area contributed by atoms with Crippen LogP contribution in [0.15, 0.2) is 42.5 Å². The van der Waals surface area contributed by atoms with E-state index in [0.29, 0.717) is 5.56 Å². The second kappa shape index (κ2) is 5.74. The number of rotatable bonds is 4. The maximum atomic E-state index is 13.4. The van der Waals surface area contributed by atoms with E-state index in [1.165, 1.54) is 6.07 Å². The van der Waals surface area contributed by atoms with Crippen LogP contribution in [0.2, 0.25) is 0 Å².